The Labute approximate surface area is 111 Å². The van der Waals surface area contributed by atoms with Crippen molar-refractivity contribution in [1.29, 1.82) is 0 Å². The average Bonchev–Trinajstić information content (AvgIpc) is 3.09. The quantitative estimate of drug-likeness (QED) is 0.803. The molecule has 0 bridgehead atoms. The van der Waals surface area contributed by atoms with E-state index in [0.29, 0.717) is 0 Å². The second-order valence-corrected chi connectivity index (χ2v) is 5.36. The molecule has 3 rings (SSSR count). The van der Waals surface area contributed by atoms with Crippen LogP contribution >= 0.6 is 11.3 Å². The van der Waals surface area contributed by atoms with Crippen molar-refractivity contribution in [3.63, 3.8) is 0 Å². The number of hydrogen-bond donors (Lipinski definition) is 0. The number of likely N-dealkylation sites (tertiary alicyclic amines) is 1. The first kappa shape index (κ1) is 11.5. The van der Waals surface area contributed by atoms with Crippen molar-refractivity contribution >= 4 is 17.2 Å². The molecule has 1 aromatic heterocycles. The fourth-order valence-corrected chi connectivity index (χ4v) is 3.27. The topological polar surface area (TPSA) is 20.3 Å². The van der Waals surface area contributed by atoms with Gasteiger partial charge in [0.1, 0.15) is 0 Å². The molecule has 1 atom stereocenters. The highest BCUT2D eigenvalue weighted by molar-refractivity contribution is 7.07. The number of thiophene rings is 1. The van der Waals surface area contributed by atoms with E-state index in [4.69, 9.17) is 0 Å². The van der Waals surface area contributed by atoms with Crippen LogP contribution in [-0.4, -0.2) is 17.4 Å². The molecular formula is C15H15NOS. The summed E-state index contributed by atoms with van der Waals surface area (Å²) in [6.45, 7) is 0.869. The van der Waals surface area contributed by atoms with Gasteiger partial charge >= 0.3 is 0 Å². The zero-order valence-electron chi connectivity index (χ0n) is 10.1. The largest absolute Gasteiger partial charge is 0.332 e. The molecule has 1 saturated heterocycles. The minimum atomic E-state index is 0.157. The lowest BCUT2D eigenvalue weighted by Crippen LogP contribution is -2.30. The van der Waals surface area contributed by atoms with Gasteiger partial charge in [-0.05, 0) is 47.4 Å². The molecule has 0 saturated carbocycles. The van der Waals surface area contributed by atoms with Gasteiger partial charge in [0, 0.05) is 12.1 Å². The fraction of sp³-hybridized carbons (Fsp3) is 0.267. The van der Waals surface area contributed by atoms with Gasteiger partial charge in [-0.1, -0.05) is 18.2 Å². The van der Waals surface area contributed by atoms with Crippen molar-refractivity contribution in [2.45, 2.75) is 18.9 Å². The number of rotatable bonds is 2. The summed E-state index contributed by atoms with van der Waals surface area (Å²) in [7, 11) is 0. The Morgan fingerprint density at radius 3 is 2.78 bits per heavy atom. The minimum absolute atomic E-state index is 0.157. The van der Waals surface area contributed by atoms with Crippen molar-refractivity contribution in [3.8, 4) is 0 Å². The fourth-order valence-electron chi connectivity index (χ4n) is 2.57. The number of benzene rings is 1. The van der Waals surface area contributed by atoms with Crippen molar-refractivity contribution < 1.29 is 4.79 Å². The third-order valence-electron chi connectivity index (χ3n) is 3.46. The van der Waals surface area contributed by atoms with Crippen LogP contribution in [0.3, 0.4) is 0 Å². The molecule has 1 aliphatic heterocycles. The number of hydrogen-bond acceptors (Lipinski definition) is 2. The van der Waals surface area contributed by atoms with Gasteiger partial charge < -0.3 is 4.90 Å². The summed E-state index contributed by atoms with van der Waals surface area (Å²) in [6, 6.07) is 12.0. The Bertz CT molecular complexity index is 521. The number of nitrogens with zero attached hydrogens (tertiary/aromatic N) is 1. The Balaban J connectivity index is 1.85. The van der Waals surface area contributed by atoms with E-state index in [1.807, 2.05) is 35.2 Å². The molecule has 1 fully saturated rings. The van der Waals surface area contributed by atoms with E-state index in [9.17, 15) is 4.79 Å². The first-order valence-corrected chi connectivity index (χ1v) is 7.18. The Hall–Kier alpha value is -1.61. The number of carbonyl (C=O) groups is 1. The molecule has 2 nitrogen and oxygen atoms in total. The highest BCUT2D eigenvalue weighted by Gasteiger charge is 2.30. The van der Waals surface area contributed by atoms with Crippen LogP contribution in [-0.2, 0) is 0 Å². The Kier molecular flexibility index (Phi) is 3.15. The van der Waals surface area contributed by atoms with Crippen LogP contribution in [0.5, 0.6) is 0 Å². The van der Waals surface area contributed by atoms with Gasteiger partial charge in [0.2, 0.25) is 0 Å². The smallest absolute Gasteiger partial charge is 0.254 e. The first-order chi connectivity index (χ1) is 8.86. The SMILES string of the molecule is O=C(c1ccccc1)N1CCC[C@@H]1c1ccsc1. The van der Waals surface area contributed by atoms with E-state index in [1.165, 1.54) is 5.56 Å². The lowest BCUT2D eigenvalue weighted by molar-refractivity contribution is 0.0736. The highest BCUT2D eigenvalue weighted by Crippen LogP contribution is 2.34. The molecule has 1 aromatic carbocycles. The van der Waals surface area contributed by atoms with E-state index in [0.717, 1.165) is 24.9 Å². The van der Waals surface area contributed by atoms with Gasteiger partial charge in [-0.3, -0.25) is 4.79 Å². The maximum atomic E-state index is 12.5. The normalized spacial score (nSPS) is 19.1. The molecule has 18 heavy (non-hydrogen) atoms. The zero-order chi connectivity index (χ0) is 12.4. The van der Waals surface area contributed by atoms with Crippen molar-refractivity contribution in [1.82, 2.24) is 4.90 Å². The molecule has 1 aliphatic rings. The van der Waals surface area contributed by atoms with E-state index < -0.39 is 0 Å². The summed E-state index contributed by atoms with van der Waals surface area (Å²) in [5.74, 6) is 0.157. The van der Waals surface area contributed by atoms with Crippen LogP contribution in [0, 0.1) is 0 Å². The van der Waals surface area contributed by atoms with E-state index >= 15 is 0 Å². The monoisotopic (exact) mass is 257 g/mol. The summed E-state index contributed by atoms with van der Waals surface area (Å²) >= 11 is 1.70. The van der Waals surface area contributed by atoms with Gasteiger partial charge in [0.05, 0.1) is 6.04 Å². The summed E-state index contributed by atoms with van der Waals surface area (Å²) in [5, 5.41) is 4.24. The third-order valence-corrected chi connectivity index (χ3v) is 4.16. The highest BCUT2D eigenvalue weighted by atomic mass is 32.1. The third kappa shape index (κ3) is 2.06. The predicted octanol–water partition coefficient (Wildman–Crippen LogP) is 3.73. The molecule has 3 heteroatoms. The second-order valence-electron chi connectivity index (χ2n) is 4.58. The van der Waals surface area contributed by atoms with Crippen LogP contribution < -0.4 is 0 Å². The van der Waals surface area contributed by atoms with Crippen molar-refractivity contribution in [2.75, 3.05) is 6.54 Å². The van der Waals surface area contributed by atoms with E-state index in [1.54, 1.807) is 11.3 Å². The van der Waals surface area contributed by atoms with Crippen LogP contribution in [0.2, 0.25) is 0 Å². The molecule has 0 spiro atoms. The molecule has 0 N–H and O–H groups in total. The molecule has 0 aliphatic carbocycles. The van der Waals surface area contributed by atoms with Crippen molar-refractivity contribution in [3.05, 3.63) is 58.3 Å². The molecular weight excluding hydrogens is 242 g/mol. The molecule has 0 radical (unpaired) electrons. The lowest BCUT2D eigenvalue weighted by Gasteiger charge is -2.24. The predicted molar refractivity (Wildman–Crippen MR) is 73.8 cm³/mol. The molecule has 1 amide bonds. The molecule has 0 unspecified atom stereocenters. The van der Waals surface area contributed by atoms with Gasteiger partial charge in [-0.2, -0.15) is 11.3 Å². The molecule has 2 heterocycles. The Morgan fingerprint density at radius 1 is 1.22 bits per heavy atom. The van der Waals surface area contributed by atoms with Crippen LogP contribution in [0.1, 0.15) is 34.8 Å². The van der Waals surface area contributed by atoms with E-state index in [2.05, 4.69) is 16.8 Å². The summed E-state index contributed by atoms with van der Waals surface area (Å²) in [5.41, 5.74) is 2.07. The first-order valence-electron chi connectivity index (χ1n) is 6.24. The van der Waals surface area contributed by atoms with Gasteiger partial charge in [0.25, 0.3) is 5.91 Å². The molecule has 92 valence electrons. The van der Waals surface area contributed by atoms with Crippen LogP contribution in [0.4, 0.5) is 0 Å². The number of carbonyl (C=O) groups excluding carboxylic acids is 1. The van der Waals surface area contributed by atoms with E-state index in [-0.39, 0.29) is 11.9 Å². The minimum Gasteiger partial charge on any atom is -0.332 e. The summed E-state index contributed by atoms with van der Waals surface area (Å²) < 4.78 is 0. The van der Waals surface area contributed by atoms with Gasteiger partial charge in [-0.25, -0.2) is 0 Å². The standard InChI is InChI=1S/C15H15NOS/c17-15(12-5-2-1-3-6-12)16-9-4-7-14(16)13-8-10-18-11-13/h1-3,5-6,8,10-11,14H,4,7,9H2/t14-/m1/s1. The summed E-state index contributed by atoms with van der Waals surface area (Å²) in [6.07, 6.45) is 2.17. The lowest BCUT2D eigenvalue weighted by atomic mass is 10.1. The average molecular weight is 257 g/mol. The van der Waals surface area contributed by atoms with Crippen LogP contribution in [0.15, 0.2) is 47.2 Å². The van der Waals surface area contributed by atoms with Gasteiger partial charge in [0.15, 0.2) is 0 Å². The number of amides is 1. The maximum absolute atomic E-state index is 12.5. The van der Waals surface area contributed by atoms with Crippen LogP contribution in [0.25, 0.3) is 0 Å². The molecule has 2 aromatic rings. The second kappa shape index (κ2) is 4.94. The zero-order valence-corrected chi connectivity index (χ0v) is 10.9. The summed E-state index contributed by atoms with van der Waals surface area (Å²) in [4.78, 5) is 14.5. The Morgan fingerprint density at radius 2 is 2.06 bits per heavy atom. The maximum Gasteiger partial charge on any atom is 0.254 e. The van der Waals surface area contributed by atoms with Crippen molar-refractivity contribution in [2.24, 2.45) is 0 Å². The van der Waals surface area contributed by atoms with Gasteiger partial charge in [-0.15, -0.1) is 0 Å².